The molecule has 5 nitrogen and oxygen atoms in total. The molecule has 2 aromatic rings. The Morgan fingerprint density at radius 2 is 1.72 bits per heavy atom. The fraction of sp³-hybridized carbons (Fsp3) is 0.273. The molecule has 7 heteroatoms. The average Bonchev–Trinajstić information content (AvgIpc) is 2.32. The summed E-state index contributed by atoms with van der Waals surface area (Å²) in [6.45, 7) is 5.95. The summed E-state index contributed by atoms with van der Waals surface area (Å²) in [4.78, 5) is 16.9. The Balaban J connectivity index is 2.37. The molecular formula is C11H12BrN5S. The number of aromatic nitrogens is 4. The highest BCUT2D eigenvalue weighted by Crippen LogP contribution is 2.32. The zero-order valence-corrected chi connectivity index (χ0v) is 12.6. The quantitative estimate of drug-likeness (QED) is 0.675. The second-order valence-corrected chi connectivity index (χ2v) is 5.53. The van der Waals surface area contributed by atoms with Gasteiger partial charge in [0.05, 0.1) is 4.47 Å². The van der Waals surface area contributed by atoms with Crippen LogP contribution in [0.4, 0.5) is 5.82 Å². The number of hydrogen-bond acceptors (Lipinski definition) is 6. The second kappa shape index (κ2) is 5.19. The molecule has 0 bridgehead atoms. The van der Waals surface area contributed by atoms with Crippen LogP contribution in [0.5, 0.6) is 0 Å². The molecule has 0 fully saturated rings. The van der Waals surface area contributed by atoms with Crippen molar-refractivity contribution in [3.8, 4) is 0 Å². The van der Waals surface area contributed by atoms with Gasteiger partial charge in [0.1, 0.15) is 17.2 Å². The van der Waals surface area contributed by atoms with E-state index in [2.05, 4.69) is 35.9 Å². The third-order valence-corrected chi connectivity index (χ3v) is 4.50. The van der Waals surface area contributed by atoms with Gasteiger partial charge in [-0.2, -0.15) is 0 Å². The minimum atomic E-state index is 0.410. The van der Waals surface area contributed by atoms with Crippen LogP contribution in [0, 0.1) is 20.8 Å². The van der Waals surface area contributed by atoms with Crippen molar-refractivity contribution >= 4 is 33.5 Å². The molecule has 0 saturated heterocycles. The number of aryl methyl sites for hydroxylation is 2. The highest BCUT2D eigenvalue weighted by atomic mass is 79.9. The van der Waals surface area contributed by atoms with Crippen LogP contribution in [0.15, 0.2) is 21.0 Å². The van der Waals surface area contributed by atoms with Crippen molar-refractivity contribution in [3.63, 3.8) is 0 Å². The summed E-state index contributed by atoms with van der Waals surface area (Å²) in [5.74, 6) is 0.410. The zero-order valence-electron chi connectivity index (χ0n) is 10.2. The number of nitrogens with two attached hydrogens (primary N) is 1. The van der Waals surface area contributed by atoms with Gasteiger partial charge >= 0.3 is 0 Å². The maximum Gasteiger partial charge on any atom is 0.194 e. The third-order valence-electron chi connectivity index (χ3n) is 2.58. The van der Waals surface area contributed by atoms with Gasteiger partial charge in [0.2, 0.25) is 0 Å². The fourth-order valence-corrected chi connectivity index (χ4v) is 2.59. The largest absolute Gasteiger partial charge is 0.383 e. The second-order valence-electron chi connectivity index (χ2n) is 3.78. The molecule has 0 unspecified atom stereocenters. The molecule has 0 aliphatic rings. The van der Waals surface area contributed by atoms with Crippen molar-refractivity contribution < 1.29 is 0 Å². The number of nitrogens with zero attached hydrogens (tertiary/aromatic N) is 4. The van der Waals surface area contributed by atoms with Gasteiger partial charge in [0.25, 0.3) is 0 Å². The number of nitrogen functional groups attached to an aromatic ring is 1. The first-order chi connectivity index (χ1) is 8.49. The molecule has 2 rings (SSSR count). The topological polar surface area (TPSA) is 77.6 Å². The van der Waals surface area contributed by atoms with E-state index >= 15 is 0 Å². The van der Waals surface area contributed by atoms with Gasteiger partial charge in [-0.25, -0.2) is 19.9 Å². The average molecular weight is 326 g/mol. The van der Waals surface area contributed by atoms with Crippen molar-refractivity contribution in [2.75, 3.05) is 5.73 Å². The van der Waals surface area contributed by atoms with E-state index in [9.17, 15) is 0 Å². The lowest BCUT2D eigenvalue weighted by molar-refractivity contribution is 0.876. The maximum absolute atomic E-state index is 5.71. The Hall–Kier alpha value is -1.21. The summed E-state index contributed by atoms with van der Waals surface area (Å²) in [7, 11) is 0. The minimum absolute atomic E-state index is 0.410. The van der Waals surface area contributed by atoms with Gasteiger partial charge in [-0.05, 0) is 54.0 Å². The predicted octanol–water partition coefficient (Wildman–Crippen LogP) is 2.69. The lowest BCUT2D eigenvalue weighted by atomic mass is 10.2. The molecule has 0 radical (unpaired) electrons. The molecule has 0 aliphatic carbocycles. The van der Waals surface area contributed by atoms with E-state index in [1.54, 1.807) is 0 Å². The standard InChI is InChI=1S/C11H12BrN5S/c1-5-6(2)16-11(17-7(5)3)18-10-8(12)9(13)14-4-15-10/h4H,1-3H3,(H2,13,14,15). The van der Waals surface area contributed by atoms with Crippen LogP contribution < -0.4 is 5.73 Å². The van der Waals surface area contributed by atoms with Crippen LogP contribution in [-0.2, 0) is 0 Å². The first-order valence-electron chi connectivity index (χ1n) is 5.24. The highest BCUT2D eigenvalue weighted by Gasteiger charge is 2.11. The Bertz CT molecular complexity index is 579. The summed E-state index contributed by atoms with van der Waals surface area (Å²) in [6, 6.07) is 0. The SMILES string of the molecule is Cc1nc(Sc2ncnc(N)c2Br)nc(C)c1C. The summed E-state index contributed by atoms with van der Waals surface area (Å²) in [5.41, 5.74) is 8.77. The number of hydrogen-bond donors (Lipinski definition) is 1. The van der Waals surface area contributed by atoms with Crippen LogP contribution in [-0.4, -0.2) is 19.9 Å². The summed E-state index contributed by atoms with van der Waals surface area (Å²) < 4.78 is 0.675. The van der Waals surface area contributed by atoms with Crippen LogP contribution >= 0.6 is 27.7 Å². The number of anilines is 1. The van der Waals surface area contributed by atoms with Crippen LogP contribution in [0.25, 0.3) is 0 Å². The molecule has 0 spiro atoms. The molecule has 0 amide bonds. The van der Waals surface area contributed by atoms with E-state index in [4.69, 9.17) is 5.73 Å². The summed E-state index contributed by atoms with van der Waals surface area (Å²) >= 11 is 4.73. The van der Waals surface area contributed by atoms with Crippen molar-refractivity contribution in [1.82, 2.24) is 19.9 Å². The lowest BCUT2D eigenvalue weighted by Crippen LogP contribution is -1.99. The van der Waals surface area contributed by atoms with Crippen molar-refractivity contribution in [1.29, 1.82) is 0 Å². The summed E-state index contributed by atoms with van der Waals surface area (Å²) in [5, 5.41) is 1.37. The zero-order chi connectivity index (χ0) is 13.3. The monoisotopic (exact) mass is 325 g/mol. The third kappa shape index (κ3) is 2.62. The molecule has 2 N–H and O–H groups in total. The first kappa shape index (κ1) is 13.2. The van der Waals surface area contributed by atoms with Crippen molar-refractivity contribution in [2.45, 2.75) is 31.0 Å². The Labute approximate surface area is 118 Å². The van der Waals surface area contributed by atoms with E-state index in [1.807, 2.05) is 20.8 Å². The van der Waals surface area contributed by atoms with E-state index in [0.717, 1.165) is 17.0 Å². The van der Waals surface area contributed by atoms with Gasteiger partial charge in [-0.1, -0.05) is 0 Å². The van der Waals surface area contributed by atoms with Gasteiger partial charge in [0.15, 0.2) is 5.16 Å². The molecule has 0 aliphatic heterocycles. The molecule has 0 atom stereocenters. The van der Waals surface area contributed by atoms with Gasteiger partial charge < -0.3 is 5.73 Å². The normalized spacial score (nSPS) is 10.7. The smallest absolute Gasteiger partial charge is 0.194 e. The molecule has 18 heavy (non-hydrogen) atoms. The van der Waals surface area contributed by atoms with Crippen molar-refractivity contribution in [2.24, 2.45) is 0 Å². The Kier molecular flexibility index (Phi) is 3.82. The first-order valence-corrected chi connectivity index (χ1v) is 6.85. The number of halogens is 1. The molecular weight excluding hydrogens is 314 g/mol. The molecule has 94 valence electrons. The van der Waals surface area contributed by atoms with E-state index in [0.29, 0.717) is 20.5 Å². The lowest BCUT2D eigenvalue weighted by Gasteiger charge is -2.07. The Morgan fingerprint density at radius 3 is 2.33 bits per heavy atom. The molecule has 2 aromatic heterocycles. The highest BCUT2D eigenvalue weighted by molar-refractivity contribution is 9.10. The summed E-state index contributed by atoms with van der Waals surface area (Å²) in [6.07, 6.45) is 1.43. The van der Waals surface area contributed by atoms with Crippen LogP contribution in [0.2, 0.25) is 0 Å². The maximum atomic E-state index is 5.71. The predicted molar refractivity (Wildman–Crippen MR) is 74.5 cm³/mol. The van der Waals surface area contributed by atoms with Crippen LogP contribution in [0.1, 0.15) is 17.0 Å². The van der Waals surface area contributed by atoms with E-state index in [1.165, 1.54) is 18.1 Å². The molecule has 0 saturated carbocycles. The van der Waals surface area contributed by atoms with Gasteiger partial charge in [0, 0.05) is 11.4 Å². The van der Waals surface area contributed by atoms with Crippen LogP contribution in [0.3, 0.4) is 0 Å². The van der Waals surface area contributed by atoms with E-state index in [-0.39, 0.29) is 0 Å². The Morgan fingerprint density at radius 1 is 1.11 bits per heavy atom. The van der Waals surface area contributed by atoms with Crippen molar-refractivity contribution in [3.05, 3.63) is 27.8 Å². The number of rotatable bonds is 2. The van der Waals surface area contributed by atoms with Gasteiger partial charge in [-0.3, -0.25) is 0 Å². The fourth-order valence-electron chi connectivity index (χ4n) is 1.31. The molecule has 2 heterocycles. The molecule has 0 aromatic carbocycles. The van der Waals surface area contributed by atoms with Gasteiger partial charge in [-0.15, -0.1) is 0 Å². The minimum Gasteiger partial charge on any atom is -0.383 e. The van der Waals surface area contributed by atoms with E-state index < -0.39 is 0 Å².